The maximum Gasteiger partial charge on any atom is 0.138 e. The largest absolute Gasteiger partial charge is 0.492 e. The molecule has 0 atom stereocenters. The second-order valence-corrected chi connectivity index (χ2v) is 7.09. The van der Waals surface area contributed by atoms with E-state index in [4.69, 9.17) is 16.3 Å². The lowest BCUT2D eigenvalue weighted by Gasteiger charge is -2.13. The number of hydrogen-bond acceptors (Lipinski definition) is 4. The summed E-state index contributed by atoms with van der Waals surface area (Å²) in [6.07, 6.45) is 0. The molecule has 0 radical (unpaired) electrons. The molecule has 0 aliphatic rings. The van der Waals surface area contributed by atoms with Gasteiger partial charge in [-0.3, -0.25) is 0 Å². The average Bonchev–Trinajstić information content (AvgIpc) is 2.88. The Morgan fingerprint density at radius 3 is 2.67 bits per heavy atom. The van der Waals surface area contributed by atoms with Crippen LogP contribution in [0.25, 0.3) is 0 Å². The number of aromatic nitrogens is 1. The number of anilines is 1. The fraction of sp³-hybridized carbons (Fsp3) is 0.438. The Balaban J connectivity index is 2.00. The van der Waals surface area contributed by atoms with Gasteiger partial charge in [-0.05, 0) is 25.1 Å². The number of rotatable bonds is 5. The van der Waals surface area contributed by atoms with Crippen molar-refractivity contribution in [2.75, 3.05) is 11.9 Å². The molecule has 0 saturated heterocycles. The first-order valence-corrected chi connectivity index (χ1v) is 8.27. The van der Waals surface area contributed by atoms with Crippen LogP contribution >= 0.6 is 22.9 Å². The van der Waals surface area contributed by atoms with E-state index < -0.39 is 0 Å². The van der Waals surface area contributed by atoms with Crippen LogP contribution in [0.1, 0.15) is 38.4 Å². The van der Waals surface area contributed by atoms with E-state index in [-0.39, 0.29) is 5.41 Å². The molecule has 0 unspecified atom stereocenters. The van der Waals surface area contributed by atoms with Crippen LogP contribution in [0.2, 0.25) is 5.02 Å². The summed E-state index contributed by atoms with van der Waals surface area (Å²) in [6, 6.07) is 5.73. The summed E-state index contributed by atoms with van der Waals surface area (Å²) >= 11 is 7.88. The minimum atomic E-state index is 0.103. The molecule has 3 nitrogen and oxygen atoms in total. The number of nitrogens with zero attached hydrogens (tertiary/aromatic N) is 1. The van der Waals surface area contributed by atoms with Crippen LogP contribution in [0.4, 0.5) is 5.69 Å². The van der Waals surface area contributed by atoms with Crippen LogP contribution in [0.5, 0.6) is 5.75 Å². The van der Waals surface area contributed by atoms with Crippen LogP contribution in [0.15, 0.2) is 23.6 Å². The number of benzene rings is 1. The second-order valence-electron chi connectivity index (χ2n) is 5.83. The maximum absolute atomic E-state index is 6.18. The van der Waals surface area contributed by atoms with Crippen LogP contribution in [0.3, 0.4) is 0 Å². The summed E-state index contributed by atoms with van der Waals surface area (Å²) in [7, 11) is 0. The minimum Gasteiger partial charge on any atom is -0.492 e. The molecule has 1 N–H and O–H groups in total. The standard InChI is InChI=1S/C16H21ClN2OS/c1-5-20-14-7-6-11(8-13(14)17)18-9-12-10-21-15(19-12)16(2,3)4/h6-8,10,18H,5,9H2,1-4H3. The Bertz CT molecular complexity index is 605. The molecule has 1 aromatic carbocycles. The third kappa shape index (κ3) is 4.35. The lowest BCUT2D eigenvalue weighted by atomic mass is 9.98. The van der Waals surface area contributed by atoms with E-state index >= 15 is 0 Å². The van der Waals surface area contributed by atoms with Gasteiger partial charge in [-0.2, -0.15) is 0 Å². The molecule has 21 heavy (non-hydrogen) atoms. The van der Waals surface area contributed by atoms with Gasteiger partial charge >= 0.3 is 0 Å². The van der Waals surface area contributed by atoms with E-state index in [1.54, 1.807) is 11.3 Å². The highest BCUT2D eigenvalue weighted by Gasteiger charge is 2.17. The lowest BCUT2D eigenvalue weighted by Crippen LogP contribution is -2.11. The summed E-state index contributed by atoms with van der Waals surface area (Å²) in [6.45, 7) is 9.77. The van der Waals surface area contributed by atoms with E-state index in [2.05, 4.69) is 36.5 Å². The predicted octanol–water partition coefficient (Wildman–Crippen LogP) is 5.10. The van der Waals surface area contributed by atoms with E-state index in [1.807, 2.05) is 25.1 Å². The summed E-state index contributed by atoms with van der Waals surface area (Å²) < 4.78 is 5.42. The van der Waals surface area contributed by atoms with Gasteiger partial charge in [0.2, 0.25) is 0 Å². The van der Waals surface area contributed by atoms with E-state index in [0.29, 0.717) is 23.9 Å². The third-order valence-corrected chi connectivity index (χ3v) is 4.51. The average molecular weight is 325 g/mol. The van der Waals surface area contributed by atoms with E-state index in [9.17, 15) is 0 Å². The molecule has 0 fully saturated rings. The van der Waals surface area contributed by atoms with Crippen molar-refractivity contribution >= 4 is 28.6 Å². The van der Waals surface area contributed by atoms with Gasteiger partial charge in [0.25, 0.3) is 0 Å². The van der Waals surface area contributed by atoms with Crippen molar-refractivity contribution in [3.63, 3.8) is 0 Å². The van der Waals surface area contributed by atoms with Gasteiger partial charge in [-0.1, -0.05) is 32.4 Å². The van der Waals surface area contributed by atoms with Crippen molar-refractivity contribution in [1.29, 1.82) is 0 Å². The van der Waals surface area contributed by atoms with Crippen LogP contribution in [-0.4, -0.2) is 11.6 Å². The summed E-state index contributed by atoms with van der Waals surface area (Å²) in [4.78, 5) is 4.66. The van der Waals surface area contributed by atoms with Crippen LogP contribution < -0.4 is 10.1 Å². The molecule has 2 rings (SSSR count). The SMILES string of the molecule is CCOc1ccc(NCc2csc(C(C)(C)C)n2)cc1Cl. The molecule has 0 spiro atoms. The van der Waals surface area contributed by atoms with Crippen LogP contribution in [-0.2, 0) is 12.0 Å². The van der Waals surface area contributed by atoms with Crippen molar-refractivity contribution in [2.24, 2.45) is 0 Å². The number of nitrogens with one attached hydrogen (secondary N) is 1. The molecule has 2 aromatic rings. The first-order valence-electron chi connectivity index (χ1n) is 7.01. The normalized spacial score (nSPS) is 11.5. The van der Waals surface area contributed by atoms with Crippen molar-refractivity contribution in [1.82, 2.24) is 4.98 Å². The molecule has 0 amide bonds. The molecular formula is C16H21ClN2OS. The molecule has 0 aliphatic carbocycles. The first kappa shape index (κ1) is 16.1. The van der Waals surface area contributed by atoms with Gasteiger partial charge < -0.3 is 10.1 Å². The molecule has 1 heterocycles. The number of halogens is 1. The highest BCUT2D eigenvalue weighted by atomic mass is 35.5. The molecule has 1 aromatic heterocycles. The first-order chi connectivity index (χ1) is 9.90. The highest BCUT2D eigenvalue weighted by molar-refractivity contribution is 7.09. The third-order valence-electron chi connectivity index (χ3n) is 2.90. The molecule has 0 saturated carbocycles. The topological polar surface area (TPSA) is 34.1 Å². The van der Waals surface area contributed by atoms with Gasteiger partial charge in [0.1, 0.15) is 5.75 Å². The summed E-state index contributed by atoms with van der Waals surface area (Å²) in [5.74, 6) is 0.716. The Morgan fingerprint density at radius 2 is 2.10 bits per heavy atom. The lowest BCUT2D eigenvalue weighted by molar-refractivity contribution is 0.340. The molecule has 0 bridgehead atoms. The molecule has 5 heteroatoms. The highest BCUT2D eigenvalue weighted by Crippen LogP contribution is 2.29. The predicted molar refractivity (Wildman–Crippen MR) is 90.8 cm³/mol. The molecule has 114 valence electrons. The Morgan fingerprint density at radius 1 is 1.33 bits per heavy atom. The quantitative estimate of drug-likeness (QED) is 0.830. The zero-order valence-electron chi connectivity index (χ0n) is 12.9. The zero-order valence-corrected chi connectivity index (χ0v) is 14.4. The van der Waals surface area contributed by atoms with Crippen molar-refractivity contribution in [2.45, 2.75) is 39.7 Å². The van der Waals surface area contributed by atoms with E-state index in [0.717, 1.165) is 16.4 Å². The van der Waals surface area contributed by atoms with Crippen molar-refractivity contribution in [3.05, 3.63) is 39.3 Å². The smallest absolute Gasteiger partial charge is 0.138 e. The van der Waals surface area contributed by atoms with Gasteiger partial charge in [0.05, 0.1) is 28.9 Å². The van der Waals surface area contributed by atoms with E-state index in [1.165, 1.54) is 0 Å². The summed E-state index contributed by atoms with van der Waals surface area (Å²) in [5, 5.41) is 7.22. The molecular weight excluding hydrogens is 304 g/mol. The number of ether oxygens (including phenoxy) is 1. The fourth-order valence-corrected chi connectivity index (χ4v) is 2.95. The number of hydrogen-bond donors (Lipinski definition) is 1. The van der Waals surface area contributed by atoms with Gasteiger partial charge in [0.15, 0.2) is 0 Å². The van der Waals surface area contributed by atoms with Crippen LogP contribution in [0, 0.1) is 0 Å². The van der Waals surface area contributed by atoms with Gasteiger partial charge in [-0.25, -0.2) is 4.98 Å². The second kappa shape index (κ2) is 6.67. The summed E-state index contributed by atoms with van der Waals surface area (Å²) in [5.41, 5.74) is 2.12. The van der Waals surface area contributed by atoms with Crippen molar-refractivity contribution < 1.29 is 4.74 Å². The molecule has 0 aliphatic heterocycles. The Labute approximate surface area is 135 Å². The zero-order chi connectivity index (χ0) is 15.5. The van der Waals surface area contributed by atoms with Crippen molar-refractivity contribution in [3.8, 4) is 5.75 Å². The van der Waals surface area contributed by atoms with Gasteiger partial charge in [-0.15, -0.1) is 11.3 Å². The Hall–Kier alpha value is -1.26. The number of thiazole rings is 1. The maximum atomic E-state index is 6.18. The van der Waals surface area contributed by atoms with Gasteiger partial charge in [0, 0.05) is 16.5 Å². The fourth-order valence-electron chi connectivity index (χ4n) is 1.81. The monoisotopic (exact) mass is 324 g/mol. The Kier molecular flexibility index (Phi) is 5.12. The minimum absolute atomic E-state index is 0.103.